The highest BCUT2D eigenvalue weighted by Crippen LogP contribution is 2.18. The zero-order chi connectivity index (χ0) is 14.7. The second-order valence-corrected chi connectivity index (χ2v) is 4.75. The van der Waals surface area contributed by atoms with E-state index in [2.05, 4.69) is 20.3 Å². The Balaban J connectivity index is 1.71. The van der Waals surface area contributed by atoms with Crippen LogP contribution in [0, 0.1) is 0 Å². The maximum absolute atomic E-state index is 12.1. The molecule has 0 unspecified atom stereocenters. The maximum atomic E-state index is 12.1. The van der Waals surface area contributed by atoms with Crippen molar-refractivity contribution in [2.75, 3.05) is 5.32 Å². The Bertz CT molecular complexity index is 753. The molecule has 2 aromatic heterocycles. The predicted molar refractivity (Wildman–Crippen MR) is 80.6 cm³/mol. The number of aromatic amines is 1. The number of carbonyl (C=O) groups is 1. The van der Waals surface area contributed by atoms with Gasteiger partial charge in [-0.3, -0.25) is 9.78 Å². The van der Waals surface area contributed by atoms with Gasteiger partial charge in [0.1, 0.15) is 0 Å². The van der Waals surface area contributed by atoms with Crippen LogP contribution < -0.4 is 11.1 Å². The summed E-state index contributed by atoms with van der Waals surface area (Å²) in [5.74, 6) is 0.123. The summed E-state index contributed by atoms with van der Waals surface area (Å²) in [4.78, 5) is 23.1. The maximum Gasteiger partial charge on any atom is 0.242 e. The minimum absolute atomic E-state index is 0.277. The number of carbonyl (C=O) groups excluding carboxylic acids is 1. The summed E-state index contributed by atoms with van der Waals surface area (Å²) in [6.07, 6.45) is 6.88. The van der Waals surface area contributed by atoms with Crippen LogP contribution in [-0.2, 0) is 11.2 Å². The minimum Gasteiger partial charge on any atom is -0.361 e. The molecule has 4 N–H and O–H groups in total. The molecule has 3 rings (SSSR count). The number of H-pyrrole nitrogens is 1. The van der Waals surface area contributed by atoms with Crippen LogP contribution in [0.3, 0.4) is 0 Å². The van der Waals surface area contributed by atoms with E-state index in [9.17, 15) is 4.79 Å². The van der Waals surface area contributed by atoms with Gasteiger partial charge in [-0.1, -0.05) is 18.2 Å². The molecule has 0 fully saturated rings. The predicted octanol–water partition coefficient (Wildman–Crippen LogP) is 1.47. The number of anilines is 1. The van der Waals surface area contributed by atoms with Crippen molar-refractivity contribution in [2.24, 2.45) is 5.73 Å². The standard InChI is InChI=1S/C15H15N5O/c16-12(15(21)20-14-9-17-5-6-18-14)7-10-8-19-13-4-2-1-3-11(10)13/h1-6,8-9,12,19H,7,16H2,(H,18,20,21)/t12-/m1/s1. The molecule has 0 saturated heterocycles. The first-order valence-electron chi connectivity index (χ1n) is 6.61. The molecule has 2 heterocycles. The third-order valence-electron chi connectivity index (χ3n) is 3.27. The van der Waals surface area contributed by atoms with Crippen LogP contribution in [0.25, 0.3) is 10.9 Å². The normalized spacial score (nSPS) is 12.2. The van der Waals surface area contributed by atoms with E-state index in [4.69, 9.17) is 5.73 Å². The Morgan fingerprint density at radius 1 is 1.33 bits per heavy atom. The second-order valence-electron chi connectivity index (χ2n) is 4.75. The summed E-state index contributed by atoms with van der Waals surface area (Å²) in [7, 11) is 0. The summed E-state index contributed by atoms with van der Waals surface area (Å²) in [6, 6.07) is 7.28. The van der Waals surface area contributed by atoms with Gasteiger partial charge in [-0.25, -0.2) is 4.98 Å². The van der Waals surface area contributed by atoms with Crippen molar-refractivity contribution in [1.82, 2.24) is 15.0 Å². The van der Waals surface area contributed by atoms with Crippen LogP contribution in [-0.4, -0.2) is 26.9 Å². The van der Waals surface area contributed by atoms with E-state index in [-0.39, 0.29) is 5.91 Å². The van der Waals surface area contributed by atoms with E-state index < -0.39 is 6.04 Å². The van der Waals surface area contributed by atoms with E-state index in [0.29, 0.717) is 12.2 Å². The van der Waals surface area contributed by atoms with Crippen LogP contribution in [0.1, 0.15) is 5.56 Å². The summed E-state index contributed by atoms with van der Waals surface area (Å²) in [5.41, 5.74) is 8.03. The fraction of sp³-hybridized carbons (Fsp3) is 0.133. The molecule has 6 nitrogen and oxygen atoms in total. The molecule has 1 atom stereocenters. The number of aromatic nitrogens is 3. The van der Waals surface area contributed by atoms with Gasteiger partial charge >= 0.3 is 0 Å². The quantitative estimate of drug-likeness (QED) is 0.674. The fourth-order valence-electron chi connectivity index (χ4n) is 2.21. The molecular weight excluding hydrogens is 266 g/mol. The number of fused-ring (bicyclic) bond motifs is 1. The molecule has 0 aliphatic heterocycles. The van der Waals surface area contributed by atoms with Crippen molar-refractivity contribution in [3.8, 4) is 0 Å². The van der Waals surface area contributed by atoms with Gasteiger partial charge in [0, 0.05) is 29.5 Å². The van der Waals surface area contributed by atoms with Crippen LogP contribution in [0.15, 0.2) is 49.1 Å². The van der Waals surface area contributed by atoms with Gasteiger partial charge in [0.2, 0.25) is 5.91 Å². The number of hydrogen-bond acceptors (Lipinski definition) is 4. The first-order chi connectivity index (χ1) is 10.2. The molecule has 0 radical (unpaired) electrons. The van der Waals surface area contributed by atoms with Gasteiger partial charge < -0.3 is 16.0 Å². The largest absolute Gasteiger partial charge is 0.361 e. The molecule has 0 saturated carbocycles. The third kappa shape index (κ3) is 2.90. The average Bonchev–Trinajstić information content (AvgIpc) is 2.91. The number of benzene rings is 1. The van der Waals surface area contributed by atoms with Crippen LogP contribution in [0.5, 0.6) is 0 Å². The summed E-state index contributed by atoms with van der Waals surface area (Å²) in [5, 5.41) is 3.74. The van der Waals surface area contributed by atoms with E-state index in [1.54, 1.807) is 6.20 Å². The van der Waals surface area contributed by atoms with Gasteiger partial charge in [-0.15, -0.1) is 0 Å². The summed E-state index contributed by atoms with van der Waals surface area (Å²) < 4.78 is 0. The van der Waals surface area contributed by atoms with Gasteiger partial charge in [0.25, 0.3) is 0 Å². The number of nitrogens with two attached hydrogens (primary N) is 1. The lowest BCUT2D eigenvalue weighted by atomic mass is 10.1. The Morgan fingerprint density at radius 3 is 3.00 bits per heavy atom. The van der Waals surface area contributed by atoms with Gasteiger partial charge in [-0.05, 0) is 18.1 Å². The molecule has 21 heavy (non-hydrogen) atoms. The third-order valence-corrected chi connectivity index (χ3v) is 3.27. The summed E-state index contributed by atoms with van der Waals surface area (Å²) >= 11 is 0. The average molecular weight is 281 g/mol. The molecule has 0 bridgehead atoms. The SMILES string of the molecule is N[C@H](Cc1c[nH]c2ccccc12)C(=O)Nc1cnccn1. The highest BCUT2D eigenvalue weighted by Gasteiger charge is 2.16. The van der Waals surface area contributed by atoms with E-state index in [0.717, 1.165) is 16.5 Å². The second kappa shape index (κ2) is 5.72. The van der Waals surface area contributed by atoms with Gasteiger partial charge in [-0.2, -0.15) is 0 Å². The lowest BCUT2D eigenvalue weighted by Crippen LogP contribution is -2.37. The van der Waals surface area contributed by atoms with Crippen LogP contribution >= 0.6 is 0 Å². The number of amides is 1. The molecule has 6 heteroatoms. The van der Waals surface area contributed by atoms with Gasteiger partial charge in [0.15, 0.2) is 5.82 Å². The smallest absolute Gasteiger partial charge is 0.242 e. The van der Waals surface area contributed by atoms with Crippen molar-refractivity contribution in [3.63, 3.8) is 0 Å². The molecule has 0 spiro atoms. The zero-order valence-electron chi connectivity index (χ0n) is 11.3. The number of para-hydroxylation sites is 1. The molecule has 1 aromatic carbocycles. The Morgan fingerprint density at radius 2 is 2.19 bits per heavy atom. The molecule has 3 aromatic rings. The molecule has 1 amide bonds. The first-order valence-corrected chi connectivity index (χ1v) is 6.61. The molecular formula is C15H15N5O. The minimum atomic E-state index is -0.647. The number of hydrogen-bond donors (Lipinski definition) is 3. The van der Waals surface area contributed by atoms with Crippen molar-refractivity contribution in [2.45, 2.75) is 12.5 Å². The first kappa shape index (κ1) is 13.3. The molecule has 0 aliphatic carbocycles. The molecule has 0 aliphatic rings. The zero-order valence-corrected chi connectivity index (χ0v) is 11.3. The lowest BCUT2D eigenvalue weighted by molar-refractivity contribution is -0.117. The van der Waals surface area contributed by atoms with E-state index in [1.807, 2.05) is 30.5 Å². The van der Waals surface area contributed by atoms with E-state index >= 15 is 0 Å². The van der Waals surface area contributed by atoms with Crippen molar-refractivity contribution < 1.29 is 4.79 Å². The van der Waals surface area contributed by atoms with Crippen LogP contribution in [0.4, 0.5) is 5.82 Å². The van der Waals surface area contributed by atoms with Crippen molar-refractivity contribution in [1.29, 1.82) is 0 Å². The number of rotatable bonds is 4. The van der Waals surface area contributed by atoms with Gasteiger partial charge in [0.05, 0.1) is 12.2 Å². The lowest BCUT2D eigenvalue weighted by Gasteiger charge is -2.11. The highest BCUT2D eigenvalue weighted by atomic mass is 16.2. The van der Waals surface area contributed by atoms with E-state index in [1.165, 1.54) is 12.4 Å². The van der Waals surface area contributed by atoms with Crippen molar-refractivity contribution >= 4 is 22.6 Å². The Labute approximate surface area is 121 Å². The number of nitrogens with one attached hydrogen (secondary N) is 2. The Kier molecular flexibility index (Phi) is 3.61. The Hall–Kier alpha value is -2.73. The highest BCUT2D eigenvalue weighted by molar-refractivity contribution is 5.94. The topological polar surface area (TPSA) is 96.7 Å². The monoisotopic (exact) mass is 281 g/mol. The molecule has 106 valence electrons. The van der Waals surface area contributed by atoms with Crippen molar-refractivity contribution in [3.05, 3.63) is 54.6 Å². The summed E-state index contributed by atoms with van der Waals surface area (Å²) in [6.45, 7) is 0. The fourth-order valence-corrected chi connectivity index (χ4v) is 2.21. The van der Waals surface area contributed by atoms with Crippen LogP contribution in [0.2, 0.25) is 0 Å². The number of nitrogens with zero attached hydrogens (tertiary/aromatic N) is 2.